The van der Waals surface area contributed by atoms with Gasteiger partial charge in [0.05, 0.1) is 10.6 Å². The van der Waals surface area contributed by atoms with E-state index in [-0.39, 0.29) is 11.3 Å². The second-order valence-electron chi connectivity index (χ2n) is 3.47. The number of hydrogen-bond acceptors (Lipinski definition) is 2. The maximum absolute atomic E-state index is 13.6. The predicted molar refractivity (Wildman–Crippen MR) is 63.2 cm³/mol. The first-order chi connectivity index (χ1) is 8.11. The summed E-state index contributed by atoms with van der Waals surface area (Å²) >= 11 is 5.79. The van der Waals surface area contributed by atoms with Crippen LogP contribution in [-0.4, -0.2) is 5.11 Å². The van der Waals surface area contributed by atoms with Crippen LogP contribution in [-0.2, 0) is 0 Å². The lowest BCUT2D eigenvalue weighted by molar-refractivity contribution is 0.469. The van der Waals surface area contributed by atoms with E-state index in [2.05, 4.69) is 0 Å². The van der Waals surface area contributed by atoms with E-state index >= 15 is 0 Å². The van der Waals surface area contributed by atoms with Crippen molar-refractivity contribution in [3.05, 3.63) is 52.8 Å². The standard InChI is InChI=1S/C13H7ClFNO/c14-12-4-1-8(5-9(12)7-16)11-3-2-10(17)6-13(11)15/h1-6,17H. The Hall–Kier alpha value is -2.05. The fourth-order valence-corrected chi connectivity index (χ4v) is 1.68. The smallest absolute Gasteiger partial charge is 0.134 e. The molecule has 0 unspecified atom stereocenters. The molecule has 84 valence electrons. The zero-order chi connectivity index (χ0) is 12.4. The Bertz CT molecular complexity index is 619. The van der Waals surface area contributed by atoms with Crippen LogP contribution in [0.5, 0.6) is 5.75 Å². The average Bonchev–Trinajstić information content (AvgIpc) is 2.30. The lowest BCUT2D eigenvalue weighted by Gasteiger charge is -2.05. The molecule has 0 aliphatic heterocycles. The summed E-state index contributed by atoms with van der Waals surface area (Å²) in [4.78, 5) is 0. The Balaban J connectivity index is 2.58. The molecule has 4 heteroatoms. The molecule has 0 amide bonds. The monoisotopic (exact) mass is 247 g/mol. The number of nitriles is 1. The molecule has 0 heterocycles. The first-order valence-electron chi connectivity index (χ1n) is 4.80. The van der Waals surface area contributed by atoms with Crippen molar-refractivity contribution >= 4 is 11.6 Å². The SMILES string of the molecule is N#Cc1cc(-c2ccc(O)cc2F)ccc1Cl. The van der Waals surface area contributed by atoms with E-state index in [1.807, 2.05) is 6.07 Å². The minimum Gasteiger partial charge on any atom is -0.508 e. The molecule has 0 radical (unpaired) electrons. The Morgan fingerprint density at radius 2 is 1.94 bits per heavy atom. The summed E-state index contributed by atoms with van der Waals surface area (Å²) < 4.78 is 13.6. The van der Waals surface area contributed by atoms with E-state index in [4.69, 9.17) is 22.0 Å². The largest absolute Gasteiger partial charge is 0.508 e. The molecule has 0 fully saturated rings. The highest BCUT2D eigenvalue weighted by Crippen LogP contribution is 2.28. The Morgan fingerprint density at radius 1 is 1.18 bits per heavy atom. The molecule has 0 atom stereocenters. The first-order valence-corrected chi connectivity index (χ1v) is 5.18. The molecule has 0 aliphatic rings. The Kier molecular flexibility index (Phi) is 2.99. The van der Waals surface area contributed by atoms with Crippen molar-refractivity contribution in [2.75, 3.05) is 0 Å². The molecule has 2 rings (SSSR count). The van der Waals surface area contributed by atoms with Gasteiger partial charge in [-0.25, -0.2) is 4.39 Å². The highest BCUT2D eigenvalue weighted by molar-refractivity contribution is 6.31. The van der Waals surface area contributed by atoms with Crippen molar-refractivity contribution in [2.24, 2.45) is 0 Å². The maximum Gasteiger partial charge on any atom is 0.134 e. The number of phenolic OH excluding ortho intramolecular Hbond substituents is 1. The summed E-state index contributed by atoms with van der Waals surface area (Å²) in [7, 11) is 0. The second kappa shape index (κ2) is 4.44. The van der Waals surface area contributed by atoms with Crippen LogP contribution in [0.25, 0.3) is 11.1 Å². The molecule has 0 saturated heterocycles. The predicted octanol–water partition coefficient (Wildman–Crippen LogP) is 3.72. The van der Waals surface area contributed by atoms with Gasteiger partial charge < -0.3 is 5.11 Å². The van der Waals surface area contributed by atoms with Crippen LogP contribution in [0.2, 0.25) is 5.02 Å². The summed E-state index contributed by atoms with van der Waals surface area (Å²) in [5.74, 6) is -0.683. The zero-order valence-corrected chi connectivity index (χ0v) is 9.37. The molecule has 0 spiro atoms. The van der Waals surface area contributed by atoms with Gasteiger partial charge in [-0.1, -0.05) is 17.7 Å². The number of nitrogens with zero attached hydrogens (tertiary/aromatic N) is 1. The zero-order valence-electron chi connectivity index (χ0n) is 8.61. The van der Waals surface area contributed by atoms with Gasteiger partial charge in [-0.3, -0.25) is 0 Å². The summed E-state index contributed by atoms with van der Waals surface area (Å²) in [6, 6.07) is 10.5. The van der Waals surface area contributed by atoms with Gasteiger partial charge in [-0.2, -0.15) is 5.26 Å². The van der Waals surface area contributed by atoms with Gasteiger partial charge in [0.1, 0.15) is 17.6 Å². The van der Waals surface area contributed by atoms with Crippen molar-refractivity contribution in [1.29, 1.82) is 5.26 Å². The van der Waals surface area contributed by atoms with Crippen molar-refractivity contribution in [3.8, 4) is 22.9 Å². The van der Waals surface area contributed by atoms with Crippen LogP contribution in [0, 0.1) is 17.1 Å². The Labute approximate surface area is 103 Å². The topological polar surface area (TPSA) is 44.0 Å². The fourth-order valence-electron chi connectivity index (χ4n) is 1.52. The minimum atomic E-state index is -0.545. The van der Waals surface area contributed by atoms with Crippen molar-refractivity contribution in [3.63, 3.8) is 0 Å². The first kappa shape index (κ1) is 11.4. The number of phenols is 1. The number of benzene rings is 2. The average molecular weight is 248 g/mol. The van der Waals surface area contributed by atoms with Gasteiger partial charge in [0.2, 0.25) is 0 Å². The van der Waals surface area contributed by atoms with Crippen LogP contribution >= 0.6 is 11.6 Å². The molecule has 0 bridgehead atoms. The molecular formula is C13H7ClFNO. The van der Waals surface area contributed by atoms with Crippen molar-refractivity contribution in [2.45, 2.75) is 0 Å². The van der Waals surface area contributed by atoms with E-state index in [1.165, 1.54) is 18.2 Å². The number of rotatable bonds is 1. The maximum atomic E-state index is 13.6. The van der Waals surface area contributed by atoms with Crippen LogP contribution in [0.1, 0.15) is 5.56 Å². The molecule has 0 saturated carbocycles. The van der Waals surface area contributed by atoms with E-state index in [9.17, 15) is 4.39 Å². The molecule has 2 nitrogen and oxygen atoms in total. The number of aromatic hydroxyl groups is 1. The van der Waals surface area contributed by atoms with Gasteiger partial charge in [0.25, 0.3) is 0 Å². The molecule has 17 heavy (non-hydrogen) atoms. The van der Waals surface area contributed by atoms with Crippen molar-refractivity contribution < 1.29 is 9.50 Å². The molecule has 1 N–H and O–H groups in total. The van der Waals surface area contributed by atoms with Crippen LogP contribution < -0.4 is 0 Å². The molecular weight excluding hydrogens is 241 g/mol. The van der Waals surface area contributed by atoms with E-state index < -0.39 is 5.82 Å². The van der Waals surface area contributed by atoms with Crippen LogP contribution in [0.15, 0.2) is 36.4 Å². The summed E-state index contributed by atoms with van der Waals surface area (Å²) in [5, 5.41) is 18.3. The minimum absolute atomic E-state index is 0.138. The number of hydrogen-bond donors (Lipinski definition) is 1. The summed E-state index contributed by atoms with van der Waals surface area (Å²) in [6.07, 6.45) is 0. The normalized spacial score (nSPS) is 9.94. The van der Waals surface area contributed by atoms with Crippen LogP contribution in [0.3, 0.4) is 0 Å². The highest BCUT2D eigenvalue weighted by atomic mass is 35.5. The highest BCUT2D eigenvalue weighted by Gasteiger charge is 2.08. The third-order valence-corrected chi connectivity index (χ3v) is 2.68. The van der Waals surface area contributed by atoms with E-state index in [1.54, 1.807) is 12.1 Å². The third kappa shape index (κ3) is 2.22. The molecule has 2 aromatic carbocycles. The van der Waals surface area contributed by atoms with Gasteiger partial charge >= 0.3 is 0 Å². The van der Waals surface area contributed by atoms with Gasteiger partial charge in [-0.15, -0.1) is 0 Å². The van der Waals surface area contributed by atoms with Gasteiger partial charge in [0.15, 0.2) is 0 Å². The fraction of sp³-hybridized carbons (Fsp3) is 0. The Morgan fingerprint density at radius 3 is 2.59 bits per heavy atom. The lowest BCUT2D eigenvalue weighted by Crippen LogP contribution is -1.86. The summed E-state index contributed by atoms with van der Waals surface area (Å²) in [5.41, 5.74) is 1.15. The molecule has 0 aliphatic carbocycles. The number of halogens is 2. The van der Waals surface area contributed by atoms with Crippen LogP contribution in [0.4, 0.5) is 4.39 Å². The van der Waals surface area contributed by atoms with E-state index in [0.717, 1.165) is 6.07 Å². The lowest BCUT2D eigenvalue weighted by atomic mass is 10.0. The summed E-state index contributed by atoms with van der Waals surface area (Å²) in [6.45, 7) is 0. The molecule has 0 aromatic heterocycles. The van der Waals surface area contributed by atoms with Gasteiger partial charge in [0, 0.05) is 11.6 Å². The quantitative estimate of drug-likeness (QED) is 0.835. The van der Waals surface area contributed by atoms with Crippen molar-refractivity contribution in [1.82, 2.24) is 0 Å². The second-order valence-corrected chi connectivity index (χ2v) is 3.88. The van der Waals surface area contributed by atoms with Gasteiger partial charge in [-0.05, 0) is 29.8 Å². The molecule has 2 aromatic rings. The third-order valence-electron chi connectivity index (χ3n) is 2.35. The van der Waals surface area contributed by atoms with E-state index in [0.29, 0.717) is 16.1 Å².